The SMILES string of the molecule is CCOC(=O)C1=C(c2ccccc2)N=c2s/c(=C/c3cc([N+](=O)[O-])ccc3Sc3ncccn3)c(=O)n2[C@@H]1c1ccc2c(c1)OCO2. The largest absolute Gasteiger partial charge is 0.463 e. The molecule has 2 aliphatic rings. The van der Waals surface area contributed by atoms with Gasteiger partial charge in [-0.3, -0.25) is 19.5 Å². The van der Waals surface area contributed by atoms with Gasteiger partial charge in [0.2, 0.25) is 6.79 Å². The third-order valence-electron chi connectivity index (χ3n) is 7.32. The highest BCUT2D eigenvalue weighted by molar-refractivity contribution is 7.99. The van der Waals surface area contributed by atoms with E-state index in [-0.39, 0.29) is 29.2 Å². The van der Waals surface area contributed by atoms with E-state index in [2.05, 4.69) is 9.97 Å². The van der Waals surface area contributed by atoms with Crippen LogP contribution in [-0.4, -0.2) is 38.8 Å². The van der Waals surface area contributed by atoms with E-state index in [1.165, 1.54) is 28.5 Å². The summed E-state index contributed by atoms with van der Waals surface area (Å²) in [6.07, 6.45) is 4.79. The summed E-state index contributed by atoms with van der Waals surface area (Å²) in [6, 6.07) is 19.6. The molecule has 0 saturated heterocycles. The molecule has 5 aromatic rings. The number of carbonyl (C=O) groups is 1. The van der Waals surface area contributed by atoms with Gasteiger partial charge in [-0.25, -0.2) is 19.8 Å². The highest BCUT2D eigenvalue weighted by Gasteiger charge is 2.36. The Bertz CT molecular complexity index is 2250. The molecule has 2 aromatic heterocycles. The first-order valence-corrected chi connectivity index (χ1v) is 16.0. The molecule has 0 aliphatic carbocycles. The number of fused-ring (bicyclic) bond motifs is 2. The van der Waals surface area contributed by atoms with Gasteiger partial charge in [0.05, 0.1) is 33.4 Å². The second-order valence-corrected chi connectivity index (χ2v) is 12.2. The summed E-state index contributed by atoms with van der Waals surface area (Å²) in [7, 11) is 0. The minimum atomic E-state index is -0.936. The maximum absolute atomic E-state index is 14.4. The molecule has 0 bridgehead atoms. The summed E-state index contributed by atoms with van der Waals surface area (Å²) in [5.74, 6) is 0.406. The number of benzene rings is 3. The van der Waals surface area contributed by atoms with Crippen LogP contribution in [0.4, 0.5) is 5.69 Å². The number of carbonyl (C=O) groups excluding carboxylic acids is 1. The molecule has 0 radical (unpaired) electrons. The Hall–Kier alpha value is -5.60. The van der Waals surface area contributed by atoms with E-state index < -0.39 is 22.5 Å². The molecular formula is C33H23N5O7S2. The number of nitro groups is 1. The maximum Gasteiger partial charge on any atom is 0.338 e. The van der Waals surface area contributed by atoms with Crippen molar-refractivity contribution < 1.29 is 23.9 Å². The number of non-ortho nitro benzene ring substituents is 1. The van der Waals surface area contributed by atoms with E-state index in [9.17, 15) is 19.7 Å². The van der Waals surface area contributed by atoms with Gasteiger partial charge in [0.1, 0.15) is 0 Å². The van der Waals surface area contributed by atoms with Crippen molar-refractivity contribution in [1.29, 1.82) is 0 Å². The predicted molar refractivity (Wildman–Crippen MR) is 173 cm³/mol. The lowest BCUT2D eigenvalue weighted by molar-refractivity contribution is -0.384. The van der Waals surface area contributed by atoms with Crippen molar-refractivity contribution in [1.82, 2.24) is 14.5 Å². The fourth-order valence-electron chi connectivity index (χ4n) is 5.27. The smallest absolute Gasteiger partial charge is 0.338 e. The molecule has 14 heteroatoms. The van der Waals surface area contributed by atoms with Crippen LogP contribution in [0.3, 0.4) is 0 Å². The van der Waals surface area contributed by atoms with E-state index in [4.69, 9.17) is 19.2 Å². The van der Waals surface area contributed by atoms with Gasteiger partial charge in [-0.05, 0) is 60.2 Å². The van der Waals surface area contributed by atoms with Crippen LogP contribution in [-0.2, 0) is 9.53 Å². The Kier molecular flexibility index (Phi) is 8.10. The molecule has 0 saturated carbocycles. The van der Waals surface area contributed by atoms with Crippen molar-refractivity contribution in [3.63, 3.8) is 0 Å². The third-order valence-corrected chi connectivity index (χ3v) is 9.29. The fourth-order valence-corrected chi connectivity index (χ4v) is 7.06. The monoisotopic (exact) mass is 665 g/mol. The topological polar surface area (TPSA) is 148 Å². The van der Waals surface area contributed by atoms with Crippen LogP contribution < -0.4 is 24.4 Å². The van der Waals surface area contributed by atoms with E-state index in [1.54, 1.807) is 55.7 Å². The van der Waals surface area contributed by atoms with Gasteiger partial charge in [-0.2, -0.15) is 0 Å². The Labute approximate surface area is 274 Å². The molecule has 1 atom stereocenters. The fraction of sp³-hybridized carbons (Fsp3) is 0.121. The molecular weight excluding hydrogens is 643 g/mol. The molecule has 12 nitrogen and oxygen atoms in total. The molecule has 2 aliphatic heterocycles. The van der Waals surface area contributed by atoms with E-state index in [0.29, 0.717) is 48.7 Å². The van der Waals surface area contributed by atoms with Crippen LogP contribution in [0, 0.1) is 10.1 Å². The third kappa shape index (κ3) is 5.79. The summed E-state index contributed by atoms with van der Waals surface area (Å²) in [4.78, 5) is 53.7. The van der Waals surface area contributed by atoms with Gasteiger partial charge in [-0.15, -0.1) is 0 Å². The quantitative estimate of drug-likeness (QED) is 0.100. The summed E-state index contributed by atoms with van der Waals surface area (Å²) >= 11 is 2.32. The molecule has 0 unspecified atom stereocenters. The molecule has 0 amide bonds. The highest BCUT2D eigenvalue weighted by atomic mass is 32.2. The summed E-state index contributed by atoms with van der Waals surface area (Å²) < 4.78 is 18.4. The normalized spacial score (nSPS) is 15.3. The van der Waals surface area contributed by atoms with Gasteiger partial charge in [0.25, 0.3) is 11.2 Å². The van der Waals surface area contributed by atoms with Crippen molar-refractivity contribution in [3.05, 3.63) is 137 Å². The number of nitrogens with zero attached hydrogens (tertiary/aromatic N) is 5. The first-order valence-electron chi connectivity index (χ1n) is 14.3. The van der Waals surface area contributed by atoms with Gasteiger partial charge in [-0.1, -0.05) is 47.7 Å². The van der Waals surface area contributed by atoms with Crippen molar-refractivity contribution >= 4 is 46.5 Å². The summed E-state index contributed by atoms with van der Waals surface area (Å²) in [6.45, 7) is 1.87. The molecule has 0 N–H and O–H groups in total. The number of aromatic nitrogens is 3. The first-order chi connectivity index (χ1) is 22.9. The number of nitro benzene ring substituents is 1. The van der Waals surface area contributed by atoms with Crippen molar-refractivity contribution in [2.75, 3.05) is 13.4 Å². The number of hydrogen-bond donors (Lipinski definition) is 0. The van der Waals surface area contributed by atoms with Crippen LogP contribution >= 0.6 is 23.1 Å². The maximum atomic E-state index is 14.4. The second-order valence-electron chi connectivity index (χ2n) is 10.2. The zero-order valence-electron chi connectivity index (χ0n) is 24.6. The number of rotatable bonds is 8. The summed E-state index contributed by atoms with van der Waals surface area (Å²) in [5.41, 5.74) is 1.64. The Morgan fingerprint density at radius 2 is 1.87 bits per heavy atom. The van der Waals surface area contributed by atoms with Crippen LogP contribution in [0.15, 0.2) is 111 Å². The lowest BCUT2D eigenvalue weighted by Crippen LogP contribution is -2.40. The van der Waals surface area contributed by atoms with Crippen molar-refractivity contribution in [2.24, 2.45) is 4.99 Å². The van der Waals surface area contributed by atoms with Crippen molar-refractivity contribution in [3.8, 4) is 11.5 Å². The molecule has 47 heavy (non-hydrogen) atoms. The molecule has 3 aromatic carbocycles. The van der Waals surface area contributed by atoms with Gasteiger partial charge in [0, 0.05) is 35.0 Å². The molecule has 0 fully saturated rings. The van der Waals surface area contributed by atoms with Crippen molar-refractivity contribution in [2.45, 2.75) is 23.0 Å². The van der Waals surface area contributed by atoms with Crippen LogP contribution in [0.2, 0.25) is 0 Å². The van der Waals surface area contributed by atoms with E-state index in [1.807, 2.05) is 30.3 Å². The van der Waals surface area contributed by atoms with Gasteiger partial charge >= 0.3 is 5.97 Å². The minimum Gasteiger partial charge on any atom is -0.463 e. The number of thiazole rings is 1. The standard InChI is InChI=1S/C33H23N5O7S2/c1-2-43-31(40)27-28(19-7-4-3-5-8-19)36-33-37(29(27)20-9-11-23-24(16-20)45-18-44-23)30(39)26(47-33)17-21-15-22(38(41)42)10-12-25(21)46-32-34-13-6-14-35-32/h3-17,29H,2,18H2,1H3/b26-17+/t29-/m1/s1. The zero-order chi connectivity index (χ0) is 32.5. The predicted octanol–water partition coefficient (Wildman–Crippen LogP) is 4.51. The van der Waals surface area contributed by atoms with E-state index >= 15 is 0 Å². The Morgan fingerprint density at radius 1 is 1.09 bits per heavy atom. The Morgan fingerprint density at radius 3 is 2.64 bits per heavy atom. The van der Waals surface area contributed by atoms with E-state index in [0.717, 1.165) is 11.3 Å². The minimum absolute atomic E-state index is 0.0506. The van der Waals surface area contributed by atoms with Gasteiger partial charge < -0.3 is 14.2 Å². The van der Waals surface area contributed by atoms with Gasteiger partial charge in [0.15, 0.2) is 21.5 Å². The molecule has 7 rings (SSSR count). The molecule has 4 heterocycles. The average molecular weight is 666 g/mol. The lowest BCUT2D eigenvalue weighted by Gasteiger charge is -2.26. The Balaban J connectivity index is 1.47. The number of esters is 1. The molecule has 234 valence electrons. The van der Waals surface area contributed by atoms with Crippen LogP contribution in [0.25, 0.3) is 11.8 Å². The number of ether oxygens (including phenoxy) is 3. The van der Waals surface area contributed by atoms with Crippen LogP contribution in [0.1, 0.15) is 29.7 Å². The lowest BCUT2D eigenvalue weighted by atomic mass is 9.93. The second kappa shape index (κ2) is 12.7. The highest BCUT2D eigenvalue weighted by Crippen LogP contribution is 2.40. The number of hydrogen-bond acceptors (Lipinski definition) is 12. The van der Waals surface area contributed by atoms with Crippen LogP contribution in [0.5, 0.6) is 11.5 Å². The zero-order valence-corrected chi connectivity index (χ0v) is 26.2. The average Bonchev–Trinajstić information content (AvgIpc) is 3.69. The first kappa shape index (κ1) is 30.1. The molecule has 0 spiro atoms. The summed E-state index contributed by atoms with van der Waals surface area (Å²) in [5, 5.41) is 12.2.